The summed E-state index contributed by atoms with van der Waals surface area (Å²) in [5.74, 6) is 0. The highest BCUT2D eigenvalue weighted by molar-refractivity contribution is 5.22. The second kappa shape index (κ2) is 6.10. The number of hydrogen-bond acceptors (Lipinski definition) is 2. The fourth-order valence-corrected chi connectivity index (χ4v) is 4.26. The van der Waals surface area contributed by atoms with E-state index in [-0.39, 0.29) is 0 Å². The molecule has 116 valence electrons. The van der Waals surface area contributed by atoms with Crippen LogP contribution in [0.3, 0.4) is 0 Å². The van der Waals surface area contributed by atoms with E-state index in [0.29, 0.717) is 11.5 Å². The van der Waals surface area contributed by atoms with Crippen molar-refractivity contribution in [1.82, 2.24) is 9.80 Å². The van der Waals surface area contributed by atoms with Gasteiger partial charge in [-0.3, -0.25) is 4.90 Å². The molecule has 0 unspecified atom stereocenters. The highest BCUT2D eigenvalue weighted by atomic mass is 15.2. The molecule has 2 heterocycles. The molecule has 2 nitrogen and oxygen atoms in total. The van der Waals surface area contributed by atoms with E-state index in [2.05, 4.69) is 54.8 Å². The number of benzene rings is 1. The highest BCUT2D eigenvalue weighted by Gasteiger charge is 2.41. The number of piperidine rings is 1. The second-order valence-electron chi connectivity index (χ2n) is 7.62. The minimum absolute atomic E-state index is 0.576. The lowest BCUT2D eigenvalue weighted by Crippen LogP contribution is -2.45. The summed E-state index contributed by atoms with van der Waals surface area (Å²) in [7, 11) is 0. The van der Waals surface area contributed by atoms with Crippen molar-refractivity contribution < 1.29 is 0 Å². The number of nitrogens with zero attached hydrogens (tertiary/aromatic N) is 2. The Bertz CT molecular complexity index is 482. The standard InChI is InChI=1S/C19H30N2/c1-16(2)21-11-9-19(15-21)8-5-10-20(14-19)13-18-7-4-6-17(3)12-18/h4,6-7,12,16H,5,8-11,13-15H2,1-3H3/t19-/m0/s1. The van der Waals surface area contributed by atoms with Gasteiger partial charge in [0.05, 0.1) is 0 Å². The zero-order valence-corrected chi connectivity index (χ0v) is 13.9. The maximum absolute atomic E-state index is 2.70. The van der Waals surface area contributed by atoms with E-state index < -0.39 is 0 Å². The molecule has 0 amide bonds. The smallest absolute Gasteiger partial charge is 0.0234 e. The zero-order valence-electron chi connectivity index (χ0n) is 13.9. The normalized spacial score (nSPS) is 27.8. The fourth-order valence-electron chi connectivity index (χ4n) is 4.26. The SMILES string of the molecule is Cc1cccc(CN2CCC[C@]3(CCN(C(C)C)C3)C2)c1. The van der Waals surface area contributed by atoms with Crippen LogP contribution in [0.4, 0.5) is 0 Å². The van der Waals surface area contributed by atoms with Crippen LogP contribution in [0, 0.1) is 12.3 Å². The third-order valence-corrected chi connectivity index (χ3v) is 5.43. The van der Waals surface area contributed by atoms with Crippen molar-refractivity contribution in [2.75, 3.05) is 26.2 Å². The van der Waals surface area contributed by atoms with Crippen molar-refractivity contribution in [3.8, 4) is 0 Å². The number of aryl methyl sites for hydroxylation is 1. The summed E-state index contributed by atoms with van der Waals surface area (Å²) in [6.07, 6.45) is 4.20. The van der Waals surface area contributed by atoms with E-state index in [4.69, 9.17) is 0 Å². The first kappa shape index (κ1) is 15.1. The van der Waals surface area contributed by atoms with E-state index in [9.17, 15) is 0 Å². The molecule has 1 aromatic rings. The molecule has 2 aliphatic rings. The predicted octanol–water partition coefficient (Wildman–Crippen LogP) is 3.69. The van der Waals surface area contributed by atoms with Crippen LogP contribution >= 0.6 is 0 Å². The monoisotopic (exact) mass is 286 g/mol. The Labute approximate surface area is 130 Å². The molecule has 21 heavy (non-hydrogen) atoms. The van der Waals surface area contributed by atoms with Gasteiger partial charge in [0.2, 0.25) is 0 Å². The van der Waals surface area contributed by atoms with Gasteiger partial charge >= 0.3 is 0 Å². The predicted molar refractivity (Wildman–Crippen MR) is 89.4 cm³/mol. The number of hydrogen-bond donors (Lipinski definition) is 0. The number of rotatable bonds is 3. The van der Waals surface area contributed by atoms with Gasteiger partial charge in [0.15, 0.2) is 0 Å². The minimum atomic E-state index is 0.576. The lowest BCUT2D eigenvalue weighted by Gasteiger charge is -2.41. The summed E-state index contributed by atoms with van der Waals surface area (Å²) in [6.45, 7) is 13.2. The molecular weight excluding hydrogens is 256 g/mol. The third-order valence-electron chi connectivity index (χ3n) is 5.43. The first-order chi connectivity index (χ1) is 10.1. The lowest BCUT2D eigenvalue weighted by molar-refractivity contribution is 0.0837. The summed E-state index contributed by atoms with van der Waals surface area (Å²) in [6, 6.07) is 9.72. The molecule has 2 heteroatoms. The molecule has 0 N–H and O–H groups in total. The average molecular weight is 286 g/mol. The molecule has 2 aliphatic heterocycles. The van der Waals surface area contributed by atoms with Crippen LogP contribution < -0.4 is 0 Å². The van der Waals surface area contributed by atoms with E-state index in [0.717, 1.165) is 6.54 Å². The Kier molecular flexibility index (Phi) is 4.37. The fraction of sp³-hybridized carbons (Fsp3) is 0.684. The molecule has 0 saturated carbocycles. The van der Waals surface area contributed by atoms with Gasteiger partial charge in [-0.1, -0.05) is 29.8 Å². The molecule has 3 rings (SSSR count). The van der Waals surface area contributed by atoms with Crippen molar-refractivity contribution in [3.05, 3.63) is 35.4 Å². The Morgan fingerprint density at radius 2 is 2.00 bits per heavy atom. The van der Waals surface area contributed by atoms with Gasteiger partial charge in [0.1, 0.15) is 0 Å². The van der Waals surface area contributed by atoms with E-state index in [1.54, 1.807) is 0 Å². The summed E-state index contributed by atoms with van der Waals surface area (Å²) in [5, 5.41) is 0. The third kappa shape index (κ3) is 3.49. The van der Waals surface area contributed by atoms with Crippen LogP contribution in [-0.2, 0) is 6.54 Å². The molecule has 2 fully saturated rings. The van der Waals surface area contributed by atoms with Gasteiger partial charge in [-0.25, -0.2) is 0 Å². The molecule has 0 bridgehead atoms. The summed E-state index contributed by atoms with van der Waals surface area (Å²) >= 11 is 0. The summed E-state index contributed by atoms with van der Waals surface area (Å²) < 4.78 is 0. The average Bonchev–Trinajstić information content (AvgIpc) is 2.83. The minimum Gasteiger partial charge on any atom is -0.300 e. The molecule has 0 aromatic heterocycles. The van der Waals surface area contributed by atoms with Gasteiger partial charge in [-0.15, -0.1) is 0 Å². The first-order valence-corrected chi connectivity index (χ1v) is 8.58. The van der Waals surface area contributed by atoms with Crippen LogP contribution in [0.2, 0.25) is 0 Å². The van der Waals surface area contributed by atoms with Crippen molar-refractivity contribution in [3.63, 3.8) is 0 Å². The number of likely N-dealkylation sites (tertiary alicyclic amines) is 2. The summed E-state index contributed by atoms with van der Waals surface area (Å²) in [4.78, 5) is 5.37. The van der Waals surface area contributed by atoms with Crippen LogP contribution in [0.25, 0.3) is 0 Å². The van der Waals surface area contributed by atoms with Gasteiger partial charge < -0.3 is 4.90 Å². The van der Waals surface area contributed by atoms with E-state index in [1.807, 2.05) is 0 Å². The Morgan fingerprint density at radius 1 is 1.14 bits per heavy atom. The van der Waals surface area contributed by atoms with Crippen molar-refractivity contribution in [2.24, 2.45) is 5.41 Å². The van der Waals surface area contributed by atoms with Gasteiger partial charge in [-0.05, 0) is 64.1 Å². The first-order valence-electron chi connectivity index (χ1n) is 8.58. The Balaban J connectivity index is 1.64. The Morgan fingerprint density at radius 3 is 2.71 bits per heavy atom. The molecule has 0 aliphatic carbocycles. The van der Waals surface area contributed by atoms with Crippen LogP contribution in [0.5, 0.6) is 0 Å². The van der Waals surface area contributed by atoms with Crippen molar-refractivity contribution >= 4 is 0 Å². The molecule has 1 atom stereocenters. The van der Waals surface area contributed by atoms with Gasteiger partial charge in [0, 0.05) is 25.7 Å². The quantitative estimate of drug-likeness (QED) is 0.836. The molecule has 2 saturated heterocycles. The zero-order chi connectivity index (χ0) is 14.9. The maximum Gasteiger partial charge on any atom is 0.0234 e. The van der Waals surface area contributed by atoms with E-state index in [1.165, 1.54) is 56.6 Å². The van der Waals surface area contributed by atoms with Gasteiger partial charge in [-0.2, -0.15) is 0 Å². The van der Waals surface area contributed by atoms with Crippen LogP contribution in [-0.4, -0.2) is 42.0 Å². The highest BCUT2D eigenvalue weighted by Crippen LogP contribution is 2.39. The largest absolute Gasteiger partial charge is 0.300 e. The van der Waals surface area contributed by atoms with Gasteiger partial charge in [0.25, 0.3) is 0 Å². The Hall–Kier alpha value is -0.860. The maximum atomic E-state index is 2.70. The van der Waals surface area contributed by atoms with Crippen molar-refractivity contribution in [2.45, 2.75) is 52.6 Å². The molecule has 1 aromatic carbocycles. The van der Waals surface area contributed by atoms with Crippen LogP contribution in [0.1, 0.15) is 44.2 Å². The van der Waals surface area contributed by atoms with Crippen molar-refractivity contribution in [1.29, 1.82) is 0 Å². The summed E-state index contributed by atoms with van der Waals surface area (Å²) in [5.41, 5.74) is 3.43. The molecule has 1 spiro atoms. The second-order valence-corrected chi connectivity index (χ2v) is 7.62. The molecular formula is C19H30N2. The van der Waals surface area contributed by atoms with Crippen LogP contribution in [0.15, 0.2) is 24.3 Å². The topological polar surface area (TPSA) is 6.48 Å². The van der Waals surface area contributed by atoms with E-state index >= 15 is 0 Å². The molecule has 0 radical (unpaired) electrons. The lowest BCUT2D eigenvalue weighted by atomic mass is 9.79.